The Labute approximate surface area is 141 Å². The molecule has 0 spiro atoms. The second-order valence-electron chi connectivity index (χ2n) is 5.29. The van der Waals surface area contributed by atoms with Crippen molar-refractivity contribution in [2.75, 3.05) is 5.32 Å². The monoisotopic (exact) mass is 318 g/mol. The van der Waals surface area contributed by atoms with E-state index in [1.54, 1.807) is 12.1 Å². The molecule has 1 aromatic heterocycles. The molecule has 0 unspecified atom stereocenters. The predicted molar refractivity (Wildman–Crippen MR) is 95.1 cm³/mol. The molecule has 3 rings (SSSR count). The lowest BCUT2D eigenvalue weighted by atomic mass is 10.1. The van der Waals surface area contributed by atoms with Crippen molar-refractivity contribution in [2.24, 2.45) is 0 Å². The molecule has 0 aliphatic carbocycles. The summed E-state index contributed by atoms with van der Waals surface area (Å²) in [4.78, 5) is 16.2. The third-order valence-electron chi connectivity index (χ3n) is 3.60. The number of pyridine rings is 1. The molecular formula is C20H18N2O2. The molecule has 1 N–H and O–H groups in total. The van der Waals surface area contributed by atoms with Crippen LogP contribution in [0.5, 0.6) is 5.75 Å². The molecule has 0 bridgehead atoms. The zero-order valence-corrected chi connectivity index (χ0v) is 13.4. The summed E-state index contributed by atoms with van der Waals surface area (Å²) in [7, 11) is 0. The van der Waals surface area contributed by atoms with Crippen LogP contribution in [0.15, 0.2) is 72.9 Å². The molecule has 0 saturated carbocycles. The van der Waals surface area contributed by atoms with E-state index in [0.29, 0.717) is 11.4 Å². The summed E-state index contributed by atoms with van der Waals surface area (Å²) in [5.41, 5.74) is 3.93. The van der Waals surface area contributed by atoms with Gasteiger partial charge in [-0.2, -0.15) is 0 Å². The summed E-state index contributed by atoms with van der Waals surface area (Å²) in [6.45, 7) is 2.08. The van der Waals surface area contributed by atoms with Crippen LogP contribution in [0.25, 0.3) is 11.1 Å². The van der Waals surface area contributed by atoms with Crippen LogP contribution in [-0.2, 0) is 6.42 Å². The highest BCUT2D eigenvalue weighted by molar-refractivity contribution is 5.86. The molecule has 0 radical (unpaired) electrons. The van der Waals surface area contributed by atoms with Crippen molar-refractivity contribution in [1.29, 1.82) is 0 Å². The van der Waals surface area contributed by atoms with E-state index in [-0.39, 0.29) is 0 Å². The molecule has 0 aliphatic rings. The lowest BCUT2D eigenvalue weighted by Crippen LogP contribution is -2.16. The fourth-order valence-electron chi connectivity index (χ4n) is 2.34. The number of carbonyl (C=O) groups is 1. The van der Waals surface area contributed by atoms with Crippen LogP contribution in [0.2, 0.25) is 0 Å². The fourth-order valence-corrected chi connectivity index (χ4v) is 2.34. The van der Waals surface area contributed by atoms with Crippen molar-refractivity contribution in [3.8, 4) is 16.9 Å². The first kappa shape index (κ1) is 15.7. The van der Waals surface area contributed by atoms with E-state index in [1.807, 2.05) is 54.7 Å². The third kappa shape index (κ3) is 3.98. The van der Waals surface area contributed by atoms with Gasteiger partial charge in [-0.1, -0.05) is 37.3 Å². The molecule has 4 nitrogen and oxygen atoms in total. The highest BCUT2D eigenvalue weighted by Crippen LogP contribution is 2.22. The lowest BCUT2D eigenvalue weighted by molar-refractivity contribution is 0.215. The van der Waals surface area contributed by atoms with Crippen molar-refractivity contribution >= 4 is 11.8 Å². The van der Waals surface area contributed by atoms with Crippen molar-refractivity contribution in [2.45, 2.75) is 13.3 Å². The quantitative estimate of drug-likeness (QED) is 0.742. The SMILES string of the molecule is CCc1cc(-c2ccc(NC(=O)Oc3ccccc3)cc2)ccn1. The molecule has 4 heteroatoms. The molecule has 0 atom stereocenters. The second-order valence-corrected chi connectivity index (χ2v) is 5.29. The Hall–Kier alpha value is -3.14. The van der Waals surface area contributed by atoms with Gasteiger partial charge < -0.3 is 4.74 Å². The van der Waals surface area contributed by atoms with Crippen LogP contribution in [0.3, 0.4) is 0 Å². The number of ether oxygens (including phenoxy) is 1. The van der Waals surface area contributed by atoms with Gasteiger partial charge in [0.2, 0.25) is 0 Å². The maximum absolute atomic E-state index is 11.9. The van der Waals surface area contributed by atoms with Gasteiger partial charge in [-0.05, 0) is 53.9 Å². The van der Waals surface area contributed by atoms with E-state index in [9.17, 15) is 4.79 Å². The van der Waals surface area contributed by atoms with Gasteiger partial charge in [-0.15, -0.1) is 0 Å². The Balaban J connectivity index is 1.67. The van der Waals surface area contributed by atoms with Crippen LogP contribution in [-0.4, -0.2) is 11.1 Å². The average Bonchev–Trinajstić information content (AvgIpc) is 2.63. The van der Waals surface area contributed by atoms with Gasteiger partial charge in [0, 0.05) is 17.6 Å². The second kappa shape index (κ2) is 7.42. The predicted octanol–water partition coefficient (Wildman–Crippen LogP) is 4.92. The number of aryl methyl sites for hydroxylation is 1. The number of carbonyl (C=O) groups excluding carboxylic acids is 1. The number of benzene rings is 2. The third-order valence-corrected chi connectivity index (χ3v) is 3.60. The van der Waals surface area contributed by atoms with E-state index < -0.39 is 6.09 Å². The summed E-state index contributed by atoms with van der Waals surface area (Å²) >= 11 is 0. The van der Waals surface area contributed by atoms with Crippen LogP contribution in [0, 0.1) is 0 Å². The van der Waals surface area contributed by atoms with E-state index in [4.69, 9.17) is 4.74 Å². The van der Waals surface area contributed by atoms with Crippen LogP contribution < -0.4 is 10.1 Å². The smallest absolute Gasteiger partial charge is 0.410 e. The normalized spacial score (nSPS) is 10.2. The number of aromatic nitrogens is 1. The Morgan fingerprint density at radius 1 is 1.00 bits per heavy atom. The molecule has 0 aliphatic heterocycles. The van der Waals surface area contributed by atoms with Gasteiger partial charge >= 0.3 is 6.09 Å². The van der Waals surface area contributed by atoms with Crippen molar-refractivity contribution in [1.82, 2.24) is 4.98 Å². The molecule has 0 fully saturated rings. The maximum atomic E-state index is 11.9. The summed E-state index contributed by atoms with van der Waals surface area (Å²) in [6.07, 6.45) is 2.21. The van der Waals surface area contributed by atoms with Gasteiger partial charge in [0.05, 0.1) is 0 Å². The zero-order valence-electron chi connectivity index (χ0n) is 13.4. The minimum atomic E-state index is -0.508. The van der Waals surface area contributed by atoms with E-state index >= 15 is 0 Å². The first-order chi connectivity index (χ1) is 11.7. The van der Waals surface area contributed by atoms with Gasteiger partial charge in [0.25, 0.3) is 0 Å². The minimum absolute atomic E-state index is 0.508. The van der Waals surface area contributed by atoms with Gasteiger partial charge in [-0.3, -0.25) is 10.3 Å². The van der Waals surface area contributed by atoms with Gasteiger partial charge in [0.15, 0.2) is 0 Å². The highest BCUT2D eigenvalue weighted by atomic mass is 16.6. The average molecular weight is 318 g/mol. The topological polar surface area (TPSA) is 51.2 Å². The van der Waals surface area contributed by atoms with Crippen molar-refractivity contribution in [3.05, 3.63) is 78.6 Å². The number of amides is 1. The van der Waals surface area contributed by atoms with Crippen molar-refractivity contribution in [3.63, 3.8) is 0 Å². The minimum Gasteiger partial charge on any atom is -0.410 e. The fraction of sp³-hybridized carbons (Fsp3) is 0.100. The Bertz CT molecular complexity index is 815. The molecular weight excluding hydrogens is 300 g/mol. The number of nitrogens with zero attached hydrogens (tertiary/aromatic N) is 1. The van der Waals surface area contributed by atoms with Crippen LogP contribution in [0.1, 0.15) is 12.6 Å². The standard InChI is InChI=1S/C20H18N2O2/c1-2-17-14-16(12-13-21-17)15-8-10-18(11-9-15)22-20(23)24-19-6-4-3-5-7-19/h3-14H,2H2,1H3,(H,22,23). The number of hydrogen-bond donors (Lipinski definition) is 1. The Kier molecular flexibility index (Phi) is 4.87. The molecule has 2 aromatic carbocycles. The van der Waals surface area contributed by atoms with Crippen LogP contribution >= 0.6 is 0 Å². The van der Waals surface area contributed by atoms with Crippen LogP contribution in [0.4, 0.5) is 10.5 Å². The number of para-hydroxylation sites is 1. The largest absolute Gasteiger partial charge is 0.417 e. The zero-order chi connectivity index (χ0) is 16.8. The van der Waals surface area contributed by atoms with Gasteiger partial charge in [-0.25, -0.2) is 4.79 Å². The number of hydrogen-bond acceptors (Lipinski definition) is 3. The number of rotatable bonds is 4. The molecule has 1 heterocycles. The molecule has 24 heavy (non-hydrogen) atoms. The highest BCUT2D eigenvalue weighted by Gasteiger charge is 2.05. The first-order valence-corrected chi connectivity index (χ1v) is 7.84. The Morgan fingerprint density at radius 3 is 2.46 bits per heavy atom. The molecule has 120 valence electrons. The molecule has 0 saturated heterocycles. The molecule has 3 aromatic rings. The number of anilines is 1. The van der Waals surface area contributed by atoms with E-state index in [2.05, 4.69) is 23.3 Å². The first-order valence-electron chi connectivity index (χ1n) is 7.84. The number of nitrogens with one attached hydrogen (secondary N) is 1. The summed E-state index contributed by atoms with van der Waals surface area (Å²) in [5, 5.41) is 2.72. The summed E-state index contributed by atoms with van der Waals surface area (Å²) in [6, 6.07) is 20.7. The molecule has 1 amide bonds. The maximum Gasteiger partial charge on any atom is 0.417 e. The van der Waals surface area contributed by atoms with Gasteiger partial charge in [0.1, 0.15) is 5.75 Å². The van der Waals surface area contributed by atoms with Crippen molar-refractivity contribution < 1.29 is 9.53 Å². The Morgan fingerprint density at radius 2 is 1.75 bits per heavy atom. The summed E-state index contributed by atoms with van der Waals surface area (Å²) in [5.74, 6) is 0.510. The summed E-state index contributed by atoms with van der Waals surface area (Å²) < 4.78 is 5.21. The lowest BCUT2D eigenvalue weighted by Gasteiger charge is -2.08. The van der Waals surface area contributed by atoms with E-state index in [0.717, 1.165) is 23.2 Å². The van der Waals surface area contributed by atoms with E-state index in [1.165, 1.54) is 0 Å².